The quantitative estimate of drug-likeness (QED) is 0.756. The molecule has 1 aromatic carbocycles. The van der Waals surface area contributed by atoms with Gasteiger partial charge in [-0.25, -0.2) is 4.68 Å². The van der Waals surface area contributed by atoms with Gasteiger partial charge in [0.2, 0.25) is 0 Å². The van der Waals surface area contributed by atoms with Gasteiger partial charge in [0.15, 0.2) is 0 Å². The van der Waals surface area contributed by atoms with Crippen molar-refractivity contribution in [3.63, 3.8) is 0 Å². The molecule has 2 aromatic heterocycles. The van der Waals surface area contributed by atoms with E-state index in [1.54, 1.807) is 17.2 Å². The number of carbonyl (C=O) groups is 1. The van der Waals surface area contributed by atoms with E-state index in [2.05, 4.69) is 26.3 Å². The second-order valence-corrected chi connectivity index (χ2v) is 6.16. The summed E-state index contributed by atoms with van der Waals surface area (Å²) in [5, 5.41) is 7.40. The molecule has 0 saturated carbocycles. The van der Waals surface area contributed by atoms with E-state index >= 15 is 0 Å². The lowest BCUT2D eigenvalue weighted by Crippen LogP contribution is -2.23. The predicted octanol–water partition coefficient (Wildman–Crippen LogP) is 3.77. The van der Waals surface area contributed by atoms with E-state index in [4.69, 9.17) is 4.42 Å². The van der Waals surface area contributed by atoms with Crippen LogP contribution in [0, 0.1) is 13.8 Å². The van der Waals surface area contributed by atoms with E-state index in [-0.39, 0.29) is 5.91 Å². The highest BCUT2D eigenvalue weighted by Crippen LogP contribution is 2.20. The Bertz CT molecular complexity index is 820. The van der Waals surface area contributed by atoms with Crippen LogP contribution in [0.4, 0.5) is 0 Å². The van der Waals surface area contributed by atoms with Crippen molar-refractivity contribution in [1.82, 2.24) is 15.1 Å². The Morgan fingerprint density at radius 3 is 2.65 bits per heavy atom. The van der Waals surface area contributed by atoms with E-state index in [0.29, 0.717) is 17.8 Å². The second kappa shape index (κ2) is 6.42. The number of furan rings is 1. The van der Waals surface area contributed by atoms with Gasteiger partial charge in [0, 0.05) is 16.6 Å². The van der Waals surface area contributed by atoms with Gasteiger partial charge in [0.25, 0.3) is 5.91 Å². The van der Waals surface area contributed by atoms with Crippen LogP contribution < -0.4 is 5.32 Å². The van der Waals surface area contributed by atoms with E-state index in [1.807, 2.05) is 44.2 Å². The number of halogens is 1. The minimum Gasteiger partial charge on any atom is -0.472 e. The number of aryl methyl sites for hydroxylation is 1. The van der Waals surface area contributed by atoms with Crippen LogP contribution in [-0.4, -0.2) is 15.7 Å². The minimum atomic E-state index is -0.135. The van der Waals surface area contributed by atoms with Crippen molar-refractivity contribution < 1.29 is 9.21 Å². The van der Waals surface area contributed by atoms with Crippen molar-refractivity contribution in [2.24, 2.45) is 0 Å². The zero-order chi connectivity index (χ0) is 16.4. The number of hydrogen-bond donors (Lipinski definition) is 1. The smallest absolute Gasteiger partial charge is 0.255 e. The van der Waals surface area contributed by atoms with Crippen LogP contribution in [-0.2, 0) is 6.54 Å². The number of rotatable bonds is 4. The van der Waals surface area contributed by atoms with Gasteiger partial charge in [-0.3, -0.25) is 4.79 Å². The van der Waals surface area contributed by atoms with Gasteiger partial charge in [-0.2, -0.15) is 5.10 Å². The summed E-state index contributed by atoms with van der Waals surface area (Å²) < 4.78 is 7.79. The summed E-state index contributed by atoms with van der Waals surface area (Å²) in [7, 11) is 0. The monoisotopic (exact) mass is 373 g/mol. The molecule has 5 nitrogen and oxygen atoms in total. The first-order chi connectivity index (χ1) is 11.1. The van der Waals surface area contributed by atoms with Crippen molar-refractivity contribution in [2.75, 3.05) is 0 Å². The molecule has 0 saturated heterocycles. The summed E-state index contributed by atoms with van der Waals surface area (Å²) >= 11 is 3.42. The Morgan fingerprint density at radius 1 is 1.26 bits per heavy atom. The fourth-order valence-corrected chi connectivity index (χ4v) is 2.73. The van der Waals surface area contributed by atoms with Crippen LogP contribution in [0.2, 0.25) is 0 Å². The molecule has 3 aromatic rings. The Labute approximate surface area is 142 Å². The van der Waals surface area contributed by atoms with Gasteiger partial charge in [0.05, 0.1) is 35.2 Å². The van der Waals surface area contributed by atoms with Crippen molar-refractivity contribution in [2.45, 2.75) is 20.4 Å². The molecule has 1 amide bonds. The van der Waals surface area contributed by atoms with Crippen LogP contribution in [0.3, 0.4) is 0 Å². The summed E-state index contributed by atoms with van der Waals surface area (Å²) in [6, 6.07) is 9.63. The average molecular weight is 374 g/mol. The summed E-state index contributed by atoms with van der Waals surface area (Å²) in [5.41, 5.74) is 3.97. The van der Waals surface area contributed by atoms with Crippen LogP contribution >= 0.6 is 15.9 Å². The molecule has 118 valence electrons. The number of nitrogens with zero attached hydrogens (tertiary/aromatic N) is 2. The summed E-state index contributed by atoms with van der Waals surface area (Å²) in [6.45, 7) is 4.17. The normalized spacial score (nSPS) is 10.7. The highest BCUT2D eigenvalue weighted by molar-refractivity contribution is 9.10. The third kappa shape index (κ3) is 3.22. The fraction of sp³-hybridized carbons (Fsp3) is 0.176. The number of benzene rings is 1. The topological polar surface area (TPSA) is 60.1 Å². The van der Waals surface area contributed by atoms with Gasteiger partial charge in [-0.15, -0.1) is 0 Å². The number of amides is 1. The van der Waals surface area contributed by atoms with Gasteiger partial charge in [0.1, 0.15) is 0 Å². The SMILES string of the molecule is Cc1nn(-c2ccc(Br)cc2)c(C)c1C(=O)NCc1ccoc1. The Kier molecular flexibility index (Phi) is 4.34. The van der Waals surface area contributed by atoms with Crippen molar-refractivity contribution in [3.8, 4) is 5.69 Å². The standard InChI is InChI=1S/C17H16BrN3O2/c1-11-16(17(22)19-9-13-7-8-23-10-13)12(2)21(20-11)15-5-3-14(18)4-6-15/h3-8,10H,9H2,1-2H3,(H,19,22). The maximum Gasteiger partial charge on any atom is 0.255 e. The van der Waals surface area contributed by atoms with Crippen LogP contribution in [0.5, 0.6) is 0 Å². The Hall–Kier alpha value is -2.34. The molecule has 23 heavy (non-hydrogen) atoms. The molecule has 6 heteroatoms. The summed E-state index contributed by atoms with van der Waals surface area (Å²) in [5.74, 6) is -0.135. The molecule has 3 rings (SSSR count). The number of carbonyl (C=O) groups excluding carboxylic acids is 1. The molecule has 0 atom stereocenters. The highest BCUT2D eigenvalue weighted by atomic mass is 79.9. The molecule has 0 spiro atoms. The van der Waals surface area contributed by atoms with Gasteiger partial charge >= 0.3 is 0 Å². The second-order valence-electron chi connectivity index (χ2n) is 5.25. The molecule has 0 radical (unpaired) electrons. The fourth-order valence-electron chi connectivity index (χ4n) is 2.47. The first-order valence-corrected chi connectivity index (χ1v) is 7.97. The molecule has 0 aliphatic rings. The van der Waals surface area contributed by atoms with Gasteiger partial charge < -0.3 is 9.73 Å². The number of nitrogens with one attached hydrogen (secondary N) is 1. The van der Waals surface area contributed by atoms with Crippen LogP contribution in [0.1, 0.15) is 27.3 Å². The molecule has 0 fully saturated rings. The van der Waals surface area contributed by atoms with E-state index in [1.165, 1.54) is 0 Å². The third-order valence-electron chi connectivity index (χ3n) is 3.62. The Balaban J connectivity index is 1.85. The highest BCUT2D eigenvalue weighted by Gasteiger charge is 2.19. The molecule has 0 aliphatic carbocycles. The van der Waals surface area contributed by atoms with E-state index in [0.717, 1.165) is 21.4 Å². The molecule has 0 unspecified atom stereocenters. The van der Waals surface area contributed by atoms with Crippen molar-refractivity contribution in [1.29, 1.82) is 0 Å². The maximum atomic E-state index is 12.5. The number of aromatic nitrogens is 2. The Morgan fingerprint density at radius 2 is 2.00 bits per heavy atom. The minimum absolute atomic E-state index is 0.135. The molecular formula is C17H16BrN3O2. The van der Waals surface area contributed by atoms with Gasteiger partial charge in [-0.1, -0.05) is 15.9 Å². The lowest BCUT2D eigenvalue weighted by atomic mass is 10.1. The molecule has 2 heterocycles. The molecular weight excluding hydrogens is 358 g/mol. The molecule has 1 N–H and O–H groups in total. The maximum absolute atomic E-state index is 12.5. The zero-order valence-electron chi connectivity index (χ0n) is 12.8. The van der Waals surface area contributed by atoms with Crippen LogP contribution in [0.25, 0.3) is 5.69 Å². The predicted molar refractivity (Wildman–Crippen MR) is 90.6 cm³/mol. The number of hydrogen-bond acceptors (Lipinski definition) is 3. The first-order valence-electron chi connectivity index (χ1n) is 7.17. The zero-order valence-corrected chi connectivity index (χ0v) is 14.4. The molecule has 0 aliphatic heterocycles. The summed E-state index contributed by atoms with van der Waals surface area (Å²) in [6.07, 6.45) is 3.20. The largest absolute Gasteiger partial charge is 0.472 e. The van der Waals surface area contributed by atoms with Gasteiger partial charge in [-0.05, 0) is 44.2 Å². The third-order valence-corrected chi connectivity index (χ3v) is 4.15. The van der Waals surface area contributed by atoms with E-state index < -0.39 is 0 Å². The first kappa shape index (κ1) is 15.6. The van der Waals surface area contributed by atoms with Crippen molar-refractivity contribution >= 4 is 21.8 Å². The van der Waals surface area contributed by atoms with Crippen molar-refractivity contribution in [3.05, 3.63) is 69.8 Å². The van der Waals surface area contributed by atoms with Crippen LogP contribution in [0.15, 0.2) is 51.7 Å². The molecule has 0 bridgehead atoms. The summed E-state index contributed by atoms with van der Waals surface area (Å²) in [4.78, 5) is 12.5. The lowest BCUT2D eigenvalue weighted by Gasteiger charge is -2.06. The van der Waals surface area contributed by atoms with E-state index in [9.17, 15) is 4.79 Å². The average Bonchev–Trinajstić information content (AvgIpc) is 3.14. The lowest BCUT2D eigenvalue weighted by molar-refractivity contribution is 0.0949.